The molecule has 2 atom stereocenters. The number of carbonyl (C=O) groups is 3. The van der Waals surface area contributed by atoms with E-state index in [1.807, 2.05) is 24.3 Å². The summed E-state index contributed by atoms with van der Waals surface area (Å²) < 4.78 is 5.51. The molecule has 0 spiro atoms. The molecule has 2 fully saturated rings. The molecule has 3 aliphatic carbocycles. The number of carboxylic acid groups (broad SMARTS) is 1. The molecule has 0 radical (unpaired) electrons. The first-order valence-electron chi connectivity index (χ1n) is 10.6. The van der Waals surface area contributed by atoms with E-state index in [2.05, 4.69) is 34.9 Å². The van der Waals surface area contributed by atoms with Crippen molar-refractivity contribution < 1.29 is 24.2 Å². The number of fused-ring (bicyclic) bond motifs is 3. The maximum atomic E-state index is 12.2. The van der Waals surface area contributed by atoms with Gasteiger partial charge in [-0.25, -0.2) is 9.59 Å². The van der Waals surface area contributed by atoms with Gasteiger partial charge in [-0.05, 0) is 47.4 Å². The van der Waals surface area contributed by atoms with Gasteiger partial charge in [0.1, 0.15) is 12.1 Å². The van der Waals surface area contributed by atoms with Crippen molar-refractivity contribution in [3.8, 4) is 11.1 Å². The predicted octanol–water partition coefficient (Wildman–Crippen LogP) is 2.89. The fourth-order valence-corrected chi connectivity index (χ4v) is 4.50. The number of nitrogens with one attached hydrogen (secondary N) is 2. The summed E-state index contributed by atoms with van der Waals surface area (Å²) in [6.45, 7) is 0.588. The Hall–Kier alpha value is -3.35. The minimum atomic E-state index is -1.07. The summed E-state index contributed by atoms with van der Waals surface area (Å²) in [5, 5.41) is 14.6. The third-order valence-electron chi connectivity index (χ3n) is 6.63. The van der Waals surface area contributed by atoms with Crippen molar-refractivity contribution in [2.24, 2.45) is 11.8 Å². The Morgan fingerprint density at radius 3 is 2.19 bits per heavy atom. The third kappa shape index (κ3) is 3.65. The number of carbonyl (C=O) groups excluding carboxylic acids is 2. The minimum absolute atomic E-state index is 0.00310. The molecule has 2 saturated carbocycles. The van der Waals surface area contributed by atoms with Crippen LogP contribution in [0, 0.1) is 11.8 Å². The van der Waals surface area contributed by atoms with Crippen LogP contribution in [-0.2, 0) is 14.3 Å². The van der Waals surface area contributed by atoms with E-state index in [-0.39, 0.29) is 30.3 Å². The lowest BCUT2D eigenvalue weighted by molar-refractivity contribution is -0.143. The summed E-state index contributed by atoms with van der Waals surface area (Å²) in [5.74, 6) is -1.44. The monoisotopic (exact) mass is 420 g/mol. The van der Waals surface area contributed by atoms with Crippen LogP contribution in [0.5, 0.6) is 0 Å². The Labute approximate surface area is 179 Å². The van der Waals surface area contributed by atoms with Gasteiger partial charge in [-0.2, -0.15) is 0 Å². The Balaban J connectivity index is 1.11. The second-order valence-corrected chi connectivity index (χ2v) is 8.69. The molecule has 0 heterocycles. The molecule has 5 rings (SSSR count). The minimum Gasteiger partial charge on any atom is -0.480 e. The van der Waals surface area contributed by atoms with Gasteiger partial charge in [0.05, 0.1) is 0 Å². The van der Waals surface area contributed by atoms with Crippen LogP contribution in [0.25, 0.3) is 11.1 Å². The Kier molecular flexibility index (Phi) is 4.68. The van der Waals surface area contributed by atoms with Crippen LogP contribution in [0.1, 0.15) is 36.3 Å². The molecule has 2 aromatic carbocycles. The first kappa shape index (κ1) is 19.6. The van der Waals surface area contributed by atoms with Crippen molar-refractivity contribution in [1.82, 2.24) is 10.6 Å². The molecule has 0 aromatic heterocycles. The number of hydrogen-bond donors (Lipinski definition) is 3. The van der Waals surface area contributed by atoms with Crippen LogP contribution in [0.15, 0.2) is 48.5 Å². The lowest BCUT2D eigenvalue weighted by Gasteiger charge is -2.15. The fourth-order valence-electron chi connectivity index (χ4n) is 4.50. The Morgan fingerprint density at radius 1 is 1.00 bits per heavy atom. The molecule has 0 bridgehead atoms. The van der Waals surface area contributed by atoms with Crippen LogP contribution >= 0.6 is 0 Å². The van der Waals surface area contributed by atoms with E-state index in [1.54, 1.807) is 0 Å². The maximum absolute atomic E-state index is 12.2. The molecule has 0 unspecified atom stereocenters. The number of hydrogen-bond acceptors (Lipinski definition) is 4. The highest BCUT2D eigenvalue weighted by Gasteiger charge is 2.54. The number of benzene rings is 2. The van der Waals surface area contributed by atoms with Gasteiger partial charge >= 0.3 is 12.1 Å². The molecule has 2 amide bonds. The second kappa shape index (κ2) is 7.41. The summed E-state index contributed by atoms with van der Waals surface area (Å²) in [7, 11) is 0. The van der Waals surface area contributed by atoms with Gasteiger partial charge in [0, 0.05) is 18.4 Å². The van der Waals surface area contributed by atoms with Crippen molar-refractivity contribution in [3.63, 3.8) is 0 Å². The summed E-state index contributed by atoms with van der Waals surface area (Å²) in [5.41, 5.74) is 3.60. The van der Waals surface area contributed by atoms with Gasteiger partial charge in [-0.1, -0.05) is 48.5 Å². The molecular weight excluding hydrogens is 396 g/mol. The molecule has 2 aromatic rings. The van der Waals surface area contributed by atoms with E-state index in [4.69, 9.17) is 4.74 Å². The molecule has 31 heavy (non-hydrogen) atoms. The number of alkyl carbamates (subject to hydrolysis) is 1. The first-order chi connectivity index (χ1) is 15.0. The van der Waals surface area contributed by atoms with E-state index >= 15 is 0 Å². The van der Waals surface area contributed by atoms with E-state index in [1.165, 1.54) is 11.1 Å². The molecule has 0 saturated heterocycles. The number of carboxylic acids is 1. The van der Waals surface area contributed by atoms with Crippen LogP contribution in [-0.4, -0.2) is 41.8 Å². The molecule has 3 aliphatic rings. The lowest BCUT2D eigenvalue weighted by atomic mass is 9.98. The van der Waals surface area contributed by atoms with Crippen LogP contribution < -0.4 is 10.6 Å². The zero-order valence-corrected chi connectivity index (χ0v) is 17.0. The SMILES string of the molecule is O=C(NC[C@@H]1C[C@@H]1C(=O)NC1(C(=O)O)CC1)OCC1c2ccccc2-c2ccccc21. The summed E-state index contributed by atoms with van der Waals surface area (Å²) in [6, 6.07) is 16.3. The lowest BCUT2D eigenvalue weighted by Crippen LogP contribution is -2.44. The fraction of sp³-hybridized carbons (Fsp3) is 0.375. The smallest absolute Gasteiger partial charge is 0.407 e. The van der Waals surface area contributed by atoms with Crippen LogP contribution in [0.2, 0.25) is 0 Å². The van der Waals surface area contributed by atoms with E-state index in [9.17, 15) is 19.5 Å². The van der Waals surface area contributed by atoms with E-state index < -0.39 is 17.6 Å². The van der Waals surface area contributed by atoms with Crippen LogP contribution in [0.3, 0.4) is 0 Å². The quantitative estimate of drug-likeness (QED) is 0.639. The number of rotatable bonds is 7. The molecule has 7 heteroatoms. The Bertz CT molecular complexity index is 1020. The molecular formula is C24H24N2O5. The highest BCUT2D eigenvalue weighted by molar-refractivity contribution is 5.91. The Morgan fingerprint density at radius 2 is 1.61 bits per heavy atom. The highest BCUT2D eigenvalue weighted by atomic mass is 16.5. The normalized spacial score (nSPS) is 22.1. The first-order valence-corrected chi connectivity index (χ1v) is 10.6. The van der Waals surface area contributed by atoms with Crippen molar-refractivity contribution in [1.29, 1.82) is 0 Å². The molecule has 160 valence electrons. The average Bonchev–Trinajstić information content (AvgIpc) is 3.68. The zero-order valence-electron chi connectivity index (χ0n) is 17.0. The van der Waals surface area contributed by atoms with Gasteiger partial charge in [-0.15, -0.1) is 0 Å². The van der Waals surface area contributed by atoms with Gasteiger partial charge in [0.2, 0.25) is 5.91 Å². The molecule has 0 aliphatic heterocycles. The maximum Gasteiger partial charge on any atom is 0.407 e. The number of aliphatic carboxylic acids is 1. The highest BCUT2D eigenvalue weighted by Crippen LogP contribution is 2.44. The van der Waals surface area contributed by atoms with E-state index in [0.29, 0.717) is 25.8 Å². The zero-order chi connectivity index (χ0) is 21.6. The van der Waals surface area contributed by atoms with Gasteiger partial charge in [-0.3, -0.25) is 4.79 Å². The number of amides is 2. The van der Waals surface area contributed by atoms with Crippen LogP contribution in [0.4, 0.5) is 4.79 Å². The van der Waals surface area contributed by atoms with Crippen molar-refractivity contribution in [3.05, 3.63) is 59.7 Å². The van der Waals surface area contributed by atoms with Crippen molar-refractivity contribution in [2.45, 2.75) is 30.7 Å². The van der Waals surface area contributed by atoms with Crippen molar-refractivity contribution >= 4 is 18.0 Å². The van der Waals surface area contributed by atoms with Crippen molar-refractivity contribution in [2.75, 3.05) is 13.2 Å². The largest absolute Gasteiger partial charge is 0.480 e. The van der Waals surface area contributed by atoms with Gasteiger partial charge < -0.3 is 20.5 Å². The summed E-state index contributed by atoms with van der Waals surface area (Å²) in [6.07, 6.45) is 1.09. The third-order valence-corrected chi connectivity index (χ3v) is 6.63. The van der Waals surface area contributed by atoms with Gasteiger partial charge in [0.15, 0.2) is 0 Å². The van der Waals surface area contributed by atoms with Gasteiger partial charge in [0.25, 0.3) is 0 Å². The molecule has 7 nitrogen and oxygen atoms in total. The second-order valence-electron chi connectivity index (χ2n) is 8.69. The summed E-state index contributed by atoms with van der Waals surface area (Å²) >= 11 is 0. The number of ether oxygens (including phenoxy) is 1. The topological polar surface area (TPSA) is 105 Å². The average molecular weight is 420 g/mol. The molecule has 3 N–H and O–H groups in total. The predicted molar refractivity (Wildman–Crippen MR) is 112 cm³/mol. The van der Waals surface area contributed by atoms with E-state index in [0.717, 1.165) is 11.1 Å². The summed E-state index contributed by atoms with van der Waals surface area (Å²) in [4.78, 5) is 35.7. The standard InChI is InChI=1S/C24H24N2O5/c27-21(26-24(9-10-24)22(28)29)19-11-14(19)12-25-23(30)31-13-20-17-7-3-1-5-15(17)16-6-2-4-8-18(16)20/h1-8,14,19-20H,9-13H2,(H,25,30)(H,26,27)(H,28,29)/t14-,19-/m0/s1.